The molecule has 4 rings (SSSR count). The monoisotopic (exact) mass is 422 g/mol. The second kappa shape index (κ2) is 8.38. The van der Waals surface area contributed by atoms with E-state index < -0.39 is 17.8 Å². The average molecular weight is 423 g/mol. The van der Waals surface area contributed by atoms with Crippen LogP contribution in [0.4, 0.5) is 24.8 Å². The minimum atomic E-state index is -2.88. The minimum absolute atomic E-state index is 0.0125. The SMILES string of the molecule is Fc1c(CNc2nc(Cl)nc3cnc(N4CCNCC4)cc23)cccc1C(F)F. The van der Waals surface area contributed by atoms with E-state index in [1.54, 1.807) is 6.20 Å². The number of piperazine rings is 1. The largest absolute Gasteiger partial charge is 0.365 e. The van der Waals surface area contributed by atoms with Crippen molar-refractivity contribution in [2.45, 2.75) is 13.0 Å². The molecule has 1 aliphatic heterocycles. The Kier molecular flexibility index (Phi) is 5.68. The number of benzene rings is 1. The molecular formula is C19H18ClF3N6. The summed E-state index contributed by atoms with van der Waals surface area (Å²) in [4.78, 5) is 15.0. The van der Waals surface area contributed by atoms with E-state index in [1.165, 1.54) is 12.1 Å². The number of alkyl halides is 2. The quantitative estimate of drug-likeness (QED) is 0.610. The second-order valence-electron chi connectivity index (χ2n) is 6.61. The van der Waals surface area contributed by atoms with E-state index in [4.69, 9.17) is 11.6 Å². The maximum absolute atomic E-state index is 14.3. The van der Waals surface area contributed by atoms with Crippen LogP contribution in [0.1, 0.15) is 17.6 Å². The third-order valence-corrected chi connectivity index (χ3v) is 4.94. The van der Waals surface area contributed by atoms with Crippen molar-refractivity contribution in [2.75, 3.05) is 36.4 Å². The van der Waals surface area contributed by atoms with Crippen LogP contribution in [-0.2, 0) is 6.54 Å². The first-order valence-electron chi connectivity index (χ1n) is 9.11. The molecule has 0 aliphatic carbocycles. The molecule has 0 atom stereocenters. The molecule has 0 radical (unpaired) electrons. The Labute approximate surface area is 170 Å². The summed E-state index contributed by atoms with van der Waals surface area (Å²) < 4.78 is 40.2. The number of hydrogen-bond donors (Lipinski definition) is 2. The maximum Gasteiger partial charge on any atom is 0.266 e. The minimum Gasteiger partial charge on any atom is -0.365 e. The topological polar surface area (TPSA) is 66.0 Å². The van der Waals surface area contributed by atoms with Gasteiger partial charge in [0.15, 0.2) is 0 Å². The molecule has 3 aromatic rings. The first-order valence-corrected chi connectivity index (χ1v) is 9.49. The predicted octanol–water partition coefficient (Wildman–Crippen LogP) is 3.78. The summed E-state index contributed by atoms with van der Waals surface area (Å²) in [5.41, 5.74) is 0.0235. The van der Waals surface area contributed by atoms with Crippen molar-refractivity contribution in [2.24, 2.45) is 0 Å². The molecule has 0 saturated carbocycles. The van der Waals surface area contributed by atoms with Crippen LogP contribution in [0.5, 0.6) is 0 Å². The molecule has 2 aromatic heterocycles. The first kappa shape index (κ1) is 19.7. The molecule has 6 nitrogen and oxygen atoms in total. The van der Waals surface area contributed by atoms with Gasteiger partial charge in [-0.1, -0.05) is 18.2 Å². The van der Waals surface area contributed by atoms with Gasteiger partial charge in [0.1, 0.15) is 17.5 Å². The number of halogens is 4. The molecule has 1 saturated heterocycles. The fourth-order valence-electron chi connectivity index (χ4n) is 3.28. The van der Waals surface area contributed by atoms with Gasteiger partial charge in [0.25, 0.3) is 6.43 Å². The van der Waals surface area contributed by atoms with Crippen molar-refractivity contribution in [3.63, 3.8) is 0 Å². The molecule has 152 valence electrons. The summed E-state index contributed by atoms with van der Waals surface area (Å²) in [6, 6.07) is 5.78. The highest BCUT2D eigenvalue weighted by Crippen LogP contribution is 2.28. The fraction of sp³-hybridized carbons (Fsp3) is 0.316. The molecule has 0 spiro atoms. The summed E-state index contributed by atoms with van der Waals surface area (Å²) in [6.07, 6.45) is -1.26. The van der Waals surface area contributed by atoms with Gasteiger partial charge in [0, 0.05) is 43.7 Å². The Hall–Kier alpha value is -2.65. The lowest BCUT2D eigenvalue weighted by Gasteiger charge is -2.28. The molecule has 0 amide bonds. The van der Waals surface area contributed by atoms with Gasteiger partial charge in [-0.05, 0) is 17.7 Å². The third-order valence-electron chi connectivity index (χ3n) is 4.77. The van der Waals surface area contributed by atoms with Crippen LogP contribution in [0.25, 0.3) is 10.9 Å². The molecule has 1 fully saturated rings. The van der Waals surface area contributed by atoms with Crippen LogP contribution in [0.15, 0.2) is 30.5 Å². The molecular weight excluding hydrogens is 405 g/mol. The van der Waals surface area contributed by atoms with Crippen molar-refractivity contribution in [1.82, 2.24) is 20.3 Å². The van der Waals surface area contributed by atoms with Gasteiger partial charge in [0.05, 0.1) is 17.3 Å². The summed E-state index contributed by atoms with van der Waals surface area (Å²) in [6.45, 7) is 3.34. The molecule has 0 bridgehead atoms. The summed E-state index contributed by atoms with van der Waals surface area (Å²) in [5, 5.41) is 6.97. The third kappa shape index (κ3) is 4.20. The van der Waals surface area contributed by atoms with E-state index >= 15 is 0 Å². The van der Waals surface area contributed by atoms with E-state index in [-0.39, 0.29) is 17.4 Å². The zero-order valence-electron chi connectivity index (χ0n) is 15.3. The molecule has 2 N–H and O–H groups in total. The molecule has 1 aliphatic rings. The lowest BCUT2D eigenvalue weighted by molar-refractivity contribution is 0.146. The van der Waals surface area contributed by atoms with Gasteiger partial charge in [-0.25, -0.2) is 28.1 Å². The Morgan fingerprint density at radius 1 is 1.21 bits per heavy atom. The second-order valence-corrected chi connectivity index (χ2v) is 6.95. The number of nitrogens with one attached hydrogen (secondary N) is 2. The van der Waals surface area contributed by atoms with Crippen LogP contribution in [0.3, 0.4) is 0 Å². The Balaban J connectivity index is 1.65. The molecule has 3 heterocycles. The van der Waals surface area contributed by atoms with Crippen LogP contribution in [-0.4, -0.2) is 41.1 Å². The van der Waals surface area contributed by atoms with Crippen LogP contribution < -0.4 is 15.5 Å². The summed E-state index contributed by atoms with van der Waals surface area (Å²) in [5.74, 6) is 0.238. The maximum atomic E-state index is 14.3. The fourth-order valence-corrected chi connectivity index (χ4v) is 3.45. The van der Waals surface area contributed by atoms with E-state index in [0.717, 1.165) is 38.1 Å². The van der Waals surface area contributed by atoms with Gasteiger partial charge in [-0.15, -0.1) is 0 Å². The van der Waals surface area contributed by atoms with Crippen molar-refractivity contribution < 1.29 is 13.2 Å². The van der Waals surface area contributed by atoms with Crippen molar-refractivity contribution >= 4 is 34.1 Å². The normalized spacial score (nSPS) is 14.6. The van der Waals surface area contributed by atoms with Gasteiger partial charge in [-0.3, -0.25) is 0 Å². The summed E-state index contributed by atoms with van der Waals surface area (Å²) >= 11 is 6.01. The predicted molar refractivity (Wildman–Crippen MR) is 106 cm³/mol. The van der Waals surface area contributed by atoms with Crippen molar-refractivity contribution in [1.29, 1.82) is 0 Å². The number of fused-ring (bicyclic) bond motifs is 1. The highest BCUT2D eigenvalue weighted by atomic mass is 35.5. The van der Waals surface area contributed by atoms with E-state index in [0.29, 0.717) is 16.7 Å². The first-order chi connectivity index (χ1) is 14.0. The van der Waals surface area contributed by atoms with Crippen LogP contribution >= 0.6 is 11.6 Å². The number of pyridine rings is 1. The van der Waals surface area contributed by atoms with Crippen molar-refractivity contribution in [3.05, 3.63) is 52.7 Å². The zero-order chi connectivity index (χ0) is 20.4. The molecule has 29 heavy (non-hydrogen) atoms. The standard InChI is InChI=1S/C19H18ClF3N6/c20-19-27-14-10-25-15(29-6-4-24-5-7-29)8-13(14)18(28-19)26-9-11-2-1-3-12(16(11)21)17(22)23/h1-3,8,10,17,24H,4-7,9H2,(H,26,27,28). The number of nitrogens with zero attached hydrogens (tertiary/aromatic N) is 4. The lowest BCUT2D eigenvalue weighted by atomic mass is 10.1. The number of anilines is 2. The van der Waals surface area contributed by atoms with E-state index in [2.05, 4.69) is 30.5 Å². The Morgan fingerprint density at radius 3 is 2.76 bits per heavy atom. The van der Waals surface area contributed by atoms with Gasteiger partial charge < -0.3 is 15.5 Å². The number of aromatic nitrogens is 3. The molecule has 10 heteroatoms. The summed E-state index contributed by atoms with van der Waals surface area (Å²) in [7, 11) is 0. The van der Waals surface area contributed by atoms with Crippen molar-refractivity contribution in [3.8, 4) is 0 Å². The highest BCUT2D eigenvalue weighted by molar-refractivity contribution is 6.28. The lowest BCUT2D eigenvalue weighted by Crippen LogP contribution is -2.43. The Morgan fingerprint density at radius 2 is 2.00 bits per heavy atom. The van der Waals surface area contributed by atoms with E-state index in [9.17, 15) is 13.2 Å². The number of rotatable bonds is 5. The van der Waals surface area contributed by atoms with Gasteiger partial charge in [-0.2, -0.15) is 0 Å². The average Bonchev–Trinajstić information content (AvgIpc) is 2.73. The Bertz CT molecular complexity index is 1030. The zero-order valence-corrected chi connectivity index (χ0v) is 16.1. The number of hydrogen-bond acceptors (Lipinski definition) is 6. The van der Waals surface area contributed by atoms with Crippen LogP contribution in [0, 0.1) is 5.82 Å². The molecule has 1 aromatic carbocycles. The van der Waals surface area contributed by atoms with Crippen LogP contribution in [0.2, 0.25) is 5.28 Å². The van der Waals surface area contributed by atoms with E-state index in [1.807, 2.05) is 6.07 Å². The van der Waals surface area contributed by atoms with Gasteiger partial charge in [0.2, 0.25) is 5.28 Å². The molecule has 0 unspecified atom stereocenters. The highest BCUT2D eigenvalue weighted by Gasteiger charge is 2.17. The van der Waals surface area contributed by atoms with Gasteiger partial charge >= 0.3 is 0 Å². The smallest absolute Gasteiger partial charge is 0.266 e.